The lowest BCUT2D eigenvalue weighted by Crippen LogP contribution is -2.26. The topological polar surface area (TPSA) is 111 Å². The molecular weight excluding hydrogens is 302 g/mol. The van der Waals surface area contributed by atoms with Gasteiger partial charge < -0.3 is 10.1 Å². The first-order valence-electron chi connectivity index (χ1n) is 6.19. The Morgan fingerprint density at radius 1 is 1.52 bits per heavy atom. The molecule has 0 spiro atoms. The number of carbonyl (C=O) groups is 2. The summed E-state index contributed by atoms with van der Waals surface area (Å²) in [4.78, 5) is 36.4. The Hall–Kier alpha value is -2.22. The van der Waals surface area contributed by atoms with Crippen LogP contribution in [0.1, 0.15) is 30.3 Å². The van der Waals surface area contributed by atoms with Gasteiger partial charge in [0, 0.05) is 19.0 Å². The van der Waals surface area contributed by atoms with Crippen molar-refractivity contribution in [2.45, 2.75) is 19.8 Å². The van der Waals surface area contributed by atoms with E-state index in [0.29, 0.717) is 13.0 Å². The van der Waals surface area contributed by atoms with E-state index < -0.39 is 10.8 Å². The van der Waals surface area contributed by atoms with Crippen LogP contribution in [0, 0.1) is 10.1 Å². The van der Waals surface area contributed by atoms with Gasteiger partial charge in [-0.2, -0.15) is 0 Å². The lowest BCUT2D eigenvalue weighted by atomic mass is 10.3. The van der Waals surface area contributed by atoms with Crippen molar-refractivity contribution in [1.29, 1.82) is 0 Å². The van der Waals surface area contributed by atoms with Gasteiger partial charge >= 0.3 is 5.97 Å². The highest BCUT2D eigenvalue weighted by molar-refractivity contribution is 6.33. The normalized spacial score (nSPS) is 10.0. The Morgan fingerprint density at radius 3 is 2.81 bits per heavy atom. The van der Waals surface area contributed by atoms with E-state index >= 15 is 0 Å². The lowest BCUT2D eigenvalue weighted by Gasteiger charge is -2.06. The number of aromatic nitrogens is 1. The van der Waals surface area contributed by atoms with Crippen molar-refractivity contribution >= 4 is 29.2 Å². The van der Waals surface area contributed by atoms with E-state index in [-0.39, 0.29) is 35.3 Å². The summed E-state index contributed by atoms with van der Waals surface area (Å²) in [5.74, 6) is -0.892. The molecule has 8 nitrogen and oxygen atoms in total. The van der Waals surface area contributed by atoms with E-state index in [1.54, 1.807) is 6.92 Å². The summed E-state index contributed by atoms with van der Waals surface area (Å²) in [6, 6.07) is 1.06. The molecular formula is C12H14ClN3O5. The summed E-state index contributed by atoms with van der Waals surface area (Å²) in [5.41, 5.74) is -0.391. The first-order valence-corrected chi connectivity index (χ1v) is 6.57. The number of nitrogens with one attached hydrogen (secondary N) is 1. The van der Waals surface area contributed by atoms with Gasteiger partial charge in [0.15, 0.2) is 0 Å². The minimum absolute atomic E-state index is 0.0987. The van der Waals surface area contributed by atoms with Crippen LogP contribution in [0.3, 0.4) is 0 Å². The number of esters is 1. The first-order chi connectivity index (χ1) is 9.95. The number of halogens is 1. The second-order valence-electron chi connectivity index (χ2n) is 3.95. The van der Waals surface area contributed by atoms with Gasteiger partial charge in [-0.1, -0.05) is 11.6 Å². The quantitative estimate of drug-likeness (QED) is 0.355. The van der Waals surface area contributed by atoms with Crippen molar-refractivity contribution in [3.63, 3.8) is 0 Å². The zero-order valence-corrected chi connectivity index (χ0v) is 12.1. The Morgan fingerprint density at radius 2 is 2.24 bits per heavy atom. The van der Waals surface area contributed by atoms with Gasteiger partial charge in [-0.05, 0) is 13.3 Å². The number of nitrogens with zero attached hydrogens (tertiary/aromatic N) is 2. The number of nitro groups is 1. The van der Waals surface area contributed by atoms with Crippen LogP contribution in [-0.4, -0.2) is 34.9 Å². The molecule has 1 amide bonds. The Balaban J connectivity index is 2.49. The van der Waals surface area contributed by atoms with E-state index in [2.05, 4.69) is 10.3 Å². The molecule has 1 aromatic rings. The van der Waals surface area contributed by atoms with Gasteiger partial charge in [-0.15, -0.1) is 0 Å². The van der Waals surface area contributed by atoms with Crippen LogP contribution in [-0.2, 0) is 9.53 Å². The molecule has 0 bridgehead atoms. The van der Waals surface area contributed by atoms with Crippen molar-refractivity contribution < 1.29 is 19.2 Å². The third-order valence-electron chi connectivity index (χ3n) is 2.40. The number of ether oxygens (including phenoxy) is 1. The number of carbonyl (C=O) groups excluding carboxylic acids is 2. The highest BCUT2D eigenvalue weighted by atomic mass is 35.5. The second kappa shape index (κ2) is 8.15. The molecule has 0 aliphatic heterocycles. The summed E-state index contributed by atoms with van der Waals surface area (Å²) >= 11 is 5.77. The number of pyridine rings is 1. The Labute approximate surface area is 125 Å². The number of rotatable bonds is 7. The maximum absolute atomic E-state index is 11.8. The molecule has 0 atom stereocenters. The van der Waals surface area contributed by atoms with Crippen molar-refractivity contribution in [3.05, 3.63) is 33.1 Å². The van der Waals surface area contributed by atoms with Gasteiger partial charge in [-0.3, -0.25) is 19.7 Å². The molecule has 0 saturated carbocycles. The fraction of sp³-hybridized carbons (Fsp3) is 0.417. The molecule has 1 heterocycles. The van der Waals surface area contributed by atoms with Crippen LogP contribution >= 0.6 is 11.6 Å². The number of hydrogen-bond donors (Lipinski definition) is 1. The van der Waals surface area contributed by atoms with Gasteiger partial charge in [0.1, 0.15) is 11.9 Å². The molecule has 21 heavy (non-hydrogen) atoms. The van der Waals surface area contributed by atoms with Crippen LogP contribution in [0.2, 0.25) is 5.02 Å². The summed E-state index contributed by atoms with van der Waals surface area (Å²) in [7, 11) is 0. The maximum atomic E-state index is 11.8. The molecule has 0 aliphatic rings. The number of amides is 1. The maximum Gasteiger partial charge on any atom is 0.305 e. The fourth-order valence-corrected chi connectivity index (χ4v) is 1.69. The van der Waals surface area contributed by atoms with Gasteiger partial charge in [0.25, 0.3) is 11.6 Å². The highest BCUT2D eigenvalue weighted by Gasteiger charge is 2.16. The van der Waals surface area contributed by atoms with E-state index in [1.165, 1.54) is 0 Å². The van der Waals surface area contributed by atoms with Crippen molar-refractivity contribution in [2.24, 2.45) is 0 Å². The molecule has 1 N–H and O–H groups in total. The predicted molar refractivity (Wildman–Crippen MR) is 74.1 cm³/mol. The SMILES string of the molecule is CCOC(=O)CCCNC(=O)c1ncc([N+](=O)[O-])cc1Cl. The zero-order chi connectivity index (χ0) is 15.8. The molecule has 0 aromatic carbocycles. The van der Waals surface area contributed by atoms with Crippen LogP contribution in [0.25, 0.3) is 0 Å². The molecule has 1 rings (SSSR count). The molecule has 0 aliphatic carbocycles. The minimum Gasteiger partial charge on any atom is -0.466 e. The number of hydrogen-bond acceptors (Lipinski definition) is 6. The molecule has 0 saturated heterocycles. The third kappa shape index (κ3) is 5.35. The van der Waals surface area contributed by atoms with Gasteiger partial charge in [0.05, 0.1) is 16.6 Å². The average molecular weight is 316 g/mol. The zero-order valence-electron chi connectivity index (χ0n) is 11.3. The van der Waals surface area contributed by atoms with Crippen molar-refractivity contribution in [3.8, 4) is 0 Å². The third-order valence-corrected chi connectivity index (χ3v) is 2.69. The van der Waals surface area contributed by atoms with E-state index in [9.17, 15) is 19.7 Å². The van der Waals surface area contributed by atoms with Gasteiger partial charge in [-0.25, -0.2) is 4.98 Å². The lowest BCUT2D eigenvalue weighted by molar-refractivity contribution is -0.385. The summed E-state index contributed by atoms with van der Waals surface area (Å²) in [6.07, 6.45) is 1.56. The summed E-state index contributed by atoms with van der Waals surface area (Å²) in [5, 5.41) is 12.9. The average Bonchev–Trinajstić information content (AvgIpc) is 2.43. The summed E-state index contributed by atoms with van der Waals surface area (Å²) in [6.45, 7) is 2.27. The molecule has 0 radical (unpaired) electrons. The molecule has 0 fully saturated rings. The van der Waals surface area contributed by atoms with Crippen LogP contribution in [0.4, 0.5) is 5.69 Å². The summed E-state index contributed by atoms with van der Waals surface area (Å²) < 4.78 is 4.74. The first kappa shape index (κ1) is 16.8. The molecule has 9 heteroatoms. The monoisotopic (exact) mass is 315 g/mol. The van der Waals surface area contributed by atoms with Crippen molar-refractivity contribution in [1.82, 2.24) is 10.3 Å². The molecule has 114 valence electrons. The van der Waals surface area contributed by atoms with Crippen LogP contribution in [0.5, 0.6) is 0 Å². The smallest absolute Gasteiger partial charge is 0.305 e. The van der Waals surface area contributed by atoms with E-state index in [4.69, 9.17) is 16.3 Å². The predicted octanol–water partition coefficient (Wildman–Crippen LogP) is 1.72. The van der Waals surface area contributed by atoms with Gasteiger partial charge in [0.2, 0.25) is 0 Å². The standard InChI is InChI=1S/C12H14ClN3O5/c1-2-21-10(17)4-3-5-14-12(18)11-9(13)6-8(7-15-11)16(19)20/h6-7H,2-5H2,1H3,(H,14,18). The van der Waals surface area contributed by atoms with Crippen molar-refractivity contribution in [2.75, 3.05) is 13.2 Å². The molecule has 1 aromatic heterocycles. The highest BCUT2D eigenvalue weighted by Crippen LogP contribution is 2.19. The fourth-order valence-electron chi connectivity index (χ4n) is 1.45. The van der Waals surface area contributed by atoms with Crippen LogP contribution < -0.4 is 5.32 Å². The molecule has 0 unspecified atom stereocenters. The minimum atomic E-state index is -0.653. The Kier molecular flexibility index (Phi) is 6.54. The largest absolute Gasteiger partial charge is 0.466 e. The van der Waals surface area contributed by atoms with E-state index in [0.717, 1.165) is 12.3 Å². The second-order valence-corrected chi connectivity index (χ2v) is 4.35. The van der Waals surface area contributed by atoms with E-state index in [1.807, 2.05) is 0 Å². The van der Waals surface area contributed by atoms with Crippen LogP contribution in [0.15, 0.2) is 12.3 Å². The Bertz CT molecular complexity index is 550.